The number of rotatable bonds is 3. The van der Waals surface area contributed by atoms with Crippen molar-refractivity contribution < 1.29 is 4.74 Å². The molecule has 1 radical (unpaired) electrons. The molecule has 0 amide bonds. The molecule has 0 bridgehead atoms. The van der Waals surface area contributed by atoms with Gasteiger partial charge in [-0.05, 0) is 25.5 Å². The number of aromatic nitrogens is 1. The molecule has 0 aliphatic carbocycles. The minimum absolute atomic E-state index is 0.658. The van der Waals surface area contributed by atoms with Gasteiger partial charge in [0.15, 0.2) is 0 Å². The van der Waals surface area contributed by atoms with Gasteiger partial charge in [-0.3, -0.25) is 4.98 Å². The molecule has 2 nitrogen and oxygen atoms in total. The van der Waals surface area contributed by atoms with Gasteiger partial charge in [0.1, 0.15) is 5.75 Å². The molecule has 10 heavy (non-hydrogen) atoms. The van der Waals surface area contributed by atoms with E-state index in [0.29, 0.717) is 6.61 Å². The molecule has 1 heterocycles. The number of pyridine rings is 1. The zero-order valence-corrected chi connectivity index (χ0v) is 5.79. The Hall–Kier alpha value is -1.05. The van der Waals surface area contributed by atoms with E-state index < -0.39 is 0 Å². The summed E-state index contributed by atoms with van der Waals surface area (Å²) in [5.74, 6) is 0.811. The van der Waals surface area contributed by atoms with Crippen LogP contribution in [0.5, 0.6) is 5.75 Å². The summed E-state index contributed by atoms with van der Waals surface area (Å²) in [6, 6.07) is 3.72. The van der Waals surface area contributed by atoms with E-state index in [1.807, 2.05) is 12.1 Å². The van der Waals surface area contributed by atoms with Gasteiger partial charge in [-0.1, -0.05) is 0 Å². The van der Waals surface area contributed by atoms with Crippen LogP contribution in [0.25, 0.3) is 0 Å². The summed E-state index contributed by atoms with van der Waals surface area (Å²) in [4.78, 5) is 3.89. The Balaban J connectivity index is 2.43. The molecule has 2 heteroatoms. The van der Waals surface area contributed by atoms with Crippen LogP contribution in [0.1, 0.15) is 6.42 Å². The number of ether oxygens (including phenoxy) is 1. The minimum Gasteiger partial charge on any atom is -0.492 e. The van der Waals surface area contributed by atoms with E-state index in [0.717, 1.165) is 12.2 Å². The van der Waals surface area contributed by atoms with Crippen molar-refractivity contribution in [2.24, 2.45) is 0 Å². The molecule has 1 aromatic rings. The van der Waals surface area contributed by atoms with Gasteiger partial charge < -0.3 is 4.74 Å². The number of nitrogens with zero attached hydrogens (tertiary/aromatic N) is 1. The van der Waals surface area contributed by atoms with Crippen LogP contribution in [0.2, 0.25) is 0 Å². The van der Waals surface area contributed by atoms with Crippen molar-refractivity contribution >= 4 is 0 Å². The molecule has 0 N–H and O–H groups in total. The Labute approximate surface area is 60.9 Å². The molecule has 1 rings (SSSR count). The second-order valence-electron chi connectivity index (χ2n) is 1.89. The molecule has 0 spiro atoms. The van der Waals surface area contributed by atoms with E-state index in [-0.39, 0.29) is 0 Å². The first kappa shape index (κ1) is 7.06. The molecule has 0 aromatic carbocycles. The molecule has 0 saturated carbocycles. The standard InChI is InChI=1S/C8H10NO/c1-2-6-10-8-4-3-5-9-7-8/h3-5,7H,1-2,6H2. The summed E-state index contributed by atoms with van der Waals surface area (Å²) >= 11 is 0. The van der Waals surface area contributed by atoms with Crippen LogP contribution in [0, 0.1) is 6.92 Å². The minimum atomic E-state index is 0.658. The summed E-state index contributed by atoms with van der Waals surface area (Å²) in [5.41, 5.74) is 0. The van der Waals surface area contributed by atoms with Gasteiger partial charge in [0.25, 0.3) is 0 Å². The van der Waals surface area contributed by atoms with Crippen molar-refractivity contribution in [1.29, 1.82) is 0 Å². The van der Waals surface area contributed by atoms with Crippen molar-refractivity contribution in [1.82, 2.24) is 4.98 Å². The monoisotopic (exact) mass is 136 g/mol. The van der Waals surface area contributed by atoms with E-state index >= 15 is 0 Å². The van der Waals surface area contributed by atoms with Gasteiger partial charge in [0.2, 0.25) is 0 Å². The lowest BCUT2D eigenvalue weighted by molar-refractivity contribution is 0.323. The second-order valence-corrected chi connectivity index (χ2v) is 1.89. The third-order valence-electron chi connectivity index (χ3n) is 1.05. The van der Waals surface area contributed by atoms with Crippen LogP contribution in [-0.2, 0) is 0 Å². The fraction of sp³-hybridized carbons (Fsp3) is 0.250. The first-order valence-corrected chi connectivity index (χ1v) is 3.25. The molecule has 0 unspecified atom stereocenters. The normalized spacial score (nSPS) is 9.30. The summed E-state index contributed by atoms with van der Waals surface area (Å²) < 4.78 is 5.23. The summed E-state index contributed by atoms with van der Waals surface area (Å²) in [6.45, 7) is 4.31. The summed E-state index contributed by atoms with van der Waals surface area (Å²) in [6.07, 6.45) is 4.20. The fourth-order valence-corrected chi connectivity index (χ4v) is 0.622. The van der Waals surface area contributed by atoms with Crippen LogP contribution in [0.3, 0.4) is 0 Å². The van der Waals surface area contributed by atoms with E-state index in [2.05, 4.69) is 11.9 Å². The molecule has 53 valence electrons. The third-order valence-corrected chi connectivity index (χ3v) is 1.05. The third kappa shape index (κ3) is 2.05. The zero-order chi connectivity index (χ0) is 7.23. The lowest BCUT2D eigenvalue weighted by atomic mass is 10.4. The molecule has 0 atom stereocenters. The van der Waals surface area contributed by atoms with Crippen LogP contribution in [0.15, 0.2) is 24.5 Å². The Morgan fingerprint density at radius 2 is 2.50 bits per heavy atom. The highest BCUT2D eigenvalue weighted by Gasteiger charge is 1.87. The maximum atomic E-state index is 5.23. The molecule has 1 aromatic heterocycles. The Kier molecular flexibility index (Phi) is 2.74. The molecular weight excluding hydrogens is 126 g/mol. The van der Waals surface area contributed by atoms with Crippen molar-refractivity contribution in [3.63, 3.8) is 0 Å². The number of hydrogen-bond donors (Lipinski definition) is 0. The highest BCUT2D eigenvalue weighted by molar-refractivity contribution is 5.15. The molecular formula is C8H10NO. The lowest BCUT2D eigenvalue weighted by Crippen LogP contribution is -1.94. The van der Waals surface area contributed by atoms with E-state index in [1.54, 1.807) is 12.4 Å². The lowest BCUT2D eigenvalue weighted by Gasteiger charge is -2.00. The molecule has 0 aliphatic rings. The first-order chi connectivity index (χ1) is 4.93. The van der Waals surface area contributed by atoms with Crippen LogP contribution in [0.4, 0.5) is 0 Å². The first-order valence-electron chi connectivity index (χ1n) is 3.25. The fourth-order valence-electron chi connectivity index (χ4n) is 0.622. The smallest absolute Gasteiger partial charge is 0.137 e. The molecule has 0 saturated heterocycles. The van der Waals surface area contributed by atoms with Crippen molar-refractivity contribution in [2.45, 2.75) is 6.42 Å². The van der Waals surface area contributed by atoms with E-state index in [9.17, 15) is 0 Å². The summed E-state index contributed by atoms with van der Waals surface area (Å²) in [7, 11) is 0. The maximum Gasteiger partial charge on any atom is 0.137 e. The Bertz CT molecular complexity index is 174. The van der Waals surface area contributed by atoms with Gasteiger partial charge in [0, 0.05) is 6.20 Å². The average molecular weight is 136 g/mol. The SMILES string of the molecule is [CH2]CCOc1cccnc1. The highest BCUT2D eigenvalue weighted by Crippen LogP contribution is 2.05. The Morgan fingerprint density at radius 3 is 3.10 bits per heavy atom. The Morgan fingerprint density at radius 1 is 1.60 bits per heavy atom. The summed E-state index contributed by atoms with van der Waals surface area (Å²) in [5, 5.41) is 0. The quantitative estimate of drug-likeness (QED) is 0.630. The zero-order valence-electron chi connectivity index (χ0n) is 5.79. The van der Waals surface area contributed by atoms with Crippen molar-refractivity contribution in [3.05, 3.63) is 31.5 Å². The number of hydrogen-bond acceptors (Lipinski definition) is 2. The molecule has 0 aliphatic heterocycles. The largest absolute Gasteiger partial charge is 0.492 e. The topological polar surface area (TPSA) is 22.1 Å². The van der Waals surface area contributed by atoms with Gasteiger partial charge in [0.05, 0.1) is 12.8 Å². The maximum absolute atomic E-state index is 5.23. The van der Waals surface area contributed by atoms with Crippen LogP contribution < -0.4 is 4.74 Å². The van der Waals surface area contributed by atoms with Crippen molar-refractivity contribution in [3.8, 4) is 5.75 Å². The predicted octanol–water partition coefficient (Wildman–Crippen LogP) is 1.68. The van der Waals surface area contributed by atoms with Crippen molar-refractivity contribution in [2.75, 3.05) is 6.61 Å². The van der Waals surface area contributed by atoms with Crippen LogP contribution in [-0.4, -0.2) is 11.6 Å². The molecule has 0 fully saturated rings. The van der Waals surface area contributed by atoms with E-state index in [1.165, 1.54) is 0 Å². The second kappa shape index (κ2) is 3.88. The van der Waals surface area contributed by atoms with Gasteiger partial charge in [-0.15, -0.1) is 0 Å². The average Bonchev–Trinajstić information content (AvgIpc) is 2.03. The van der Waals surface area contributed by atoms with Gasteiger partial charge >= 0.3 is 0 Å². The highest BCUT2D eigenvalue weighted by atomic mass is 16.5. The van der Waals surface area contributed by atoms with E-state index in [4.69, 9.17) is 4.74 Å². The van der Waals surface area contributed by atoms with Gasteiger partial charge in [-0.25, -0.2) is 0 Å². The van der Waals surface area contributed by atoms with Gasteiger partial charge in [-0.2, -0.15) is 0 Å². The van der Waals surface area contributed by atoms with Crippen LogP contribution >= 0.6 is 0 Å². The predicted molar refractivity (Wildman–Crippen MR) is 39.7 cm³/mol.